The van der Waals surface area contributed by atoms with Crippen LogP contribution in [0.1, 0.15) is 420 Å². The van der Waals surface area contributed by atoms with Crippen molar-refractivity contribution in [3.63, 3.8) is 0 Å². The smallest absolute Gasteiger partial charge is 0.462 e. The first-order valence-corrected chi connectivity index (χ1v) is 44.1. The summed E-state index contributed by atoms with van der Waals surface area (Å²) in [5.41, 5.74) is 0. The van der Waals surface area contributed by atoms with Crippen molar-refractivity contribution in [1.29, 1.82) is 0 Å². The summed E-state index contributed by atoms with van der Waals surface area (Å²) in [5, 5.41) is 10.6. The van der Waals surface area contributed by atoms with Crippen molar-refractivity contribution in [3.05, 3.63) is 0 Å². The molecule has 0 rings (SSSR count). The highest BCUT2D eigenvalue weighted by Gasteiger charge is 2.30. The first-order chi connectivity index (χ1) is 47.5. The number of carbonyl (C=O) groups is 4. The Labute approximate surface area is 600 Å². The van der Waals surface area contributed by atoms with Crippen LogP contribution in [0.5, 0.6) is 0 Å². The van der Waals surface area contributed by atoms with Crippen LogP contribution in [0.2, 0.25) is 0 Å². The fourth-order valence-corrected chi connectivity index (χ4v) is 13.8. The van der Waals surface area contributed by atoms with Gasteiger partial charge in [-0.15, -0.1) is 0 Å². The number of phosphoric acid groups is 2. The fraction of sp³-hybridized carbons (Fsp3) is 0.949. The molecule has 0 spiro atoms. The van der Waals surface area contributed by atoms with E-state index >= 15 is 0 Å². The molecule has 0 amide bonds. The number of ether oxygens (including phenoxy) is 4. The zero-order valence-electron chi connectivity index (χ0n) is 63.9. The molecule has 0 aliphatic rings. The van der Waals surface area contributed by atoms with Crippen LogP contribution in [-0.4, -0.2) is 96.7 Å². The Morgan fingerprint density at radius 1 is 0.276 bits per heavy atom. The normalized spacial score (nSPS) is 13.9. The molecule has 3 N–H and O–H groups in total. The molecule has 582 valence electrons. The number of esters is 4. The summed E-state index contributed by atoms with van der Waals surface area (Å²) in [6, 6.07) is 0. The minimum Gasteiger partial charge on any atom is -0.462 e. The van der Waals surface area contributed by atoms with Crippen molar-refractivity contribution in [2.75, 3.05) is 39.6 Å². The Balaban J connectivity index is 5.20. The second kappa shape index (κ2) is 72.0. The van der Waals surface area contributed by atoms with Gasteiger partial charge in [0.05, 0.1) is 26.4 Å². The Morgan fingerprint density at radius 3 is 0.694 bits per heavy atom. The maximum Gasteiger partial charge on any atom is 0.472 e. The molecule has 98 heavy (non-hydrogen) atoms. The van der Waals surface area contributed by atoms with Gasteiger partial charge in [-0.2, -0.15) is 0 Å². The van der Waals surface area contributed by atoms with Crippen molar-refractivity contribution < 1.29 is 80.2 Å². The lowest BCUT2D eigenvalue weighted by atomic mass is 10.0. The summed E-state index contributed by atoms with van der Waals surface area (Å²) in [6.45, 7) is 7.32. The lowest BCUT2D eigenvalue weighted by Crippen LogP contribution is -2.30. The molecule has 5 atom stereocenters. The first kappa shape index (κ1) is 96.1. The van der Waals surface area contributed by atoms with Gasteiger partial charge in [-0.1, -0.05) is 369 Å². The zero-order chi connectivity index (χ0) is 71.9. The second-order valence-corrected chi connectivity index (χ2v) is 31.8. The van der Waals surface area contributed by atoms with E-state index in [1.807, 2.05) is 0 Å². The first-order valence-electron chi connectivity index (χ1n) is 41.1. The van der Waals surface area contributed by atoms with Crippen LogP contribution in [0.3, 0.4) is 0 Å². The van der Waals surface area contributed by atoms with Gasteiger partial charge < -0.3 is 33.8 Å². The molecule has 0 fully saturated rings. The summed E-state index contributed by atoms with van der Waals surface area (Å²) >= 11 is 0. The molecule has 19 heteroatoms. The van der Waals surface area contributed by atoms with E-state index in [0.29, 0.717) is 25.7 Å². The van der Waals surface area contributed by atoms with Gasteiger partial charge >= 0.3 is 39.5 Å². The number of aliphatic hydroxyl groups excluding tert-OH is 1. The van der Waals surface area contributed by atoms with Gasteiger partial charge in [0.15, 0.2) is 12.2 Å². The number of unbranched alkanes of at least 4 members (excludes halogenated alkanes) is 51. The molecule has 0 aliphatic carbocycles. The van der Waals surface area contributed by atoms with Crippen molar-refractivity contribution in [2.45, 2.75) is 438 Å². The standard InChI is InChI=1S/C79H154O17P2/c1-6-9-12-15-18-21-23-25-26-27-28-29-32-37-41-45-50-55-60-65-79(84)96-75(69-90-77(82)63-58-53-48-43-39-36-33-30-31-35-38-42-46-51-56-61-72(4)5)71-94-98(87,88)92-67-73(80)66-91-97(85,86)93-70-74(68-89-76(81)62-57-52-47-20-17-14-11-8-3)95-78(83)64-59-54-49-44-40-34-24-22-19-16-13-10-7-2/h72-75,80H,6-71H2,1-5H3,(H,85,86)(H,87,88)/t73-,74+,75+/m0/s1. The maximum atomic E-state index is 13.1. The van der Waals surface area contributed by atoms with Gasteiger partial charge in [-0.25, -0.2) is 9.13 Å². The molecule has 2 unspecified atom stereocenters. The summed E-state index contributed by atoms with van der Waals surface area (Å²) < 4.78 is 68.6. The van der Waals surface area contributed by atoms with E-state index in [2.05, 4.69) is 34.6 Å². The summed E-state index contributed by atoms with van der Waals surface area (Å²) in [7, 11) is -9.91. The highest BCUT2D eigenvalue weighted by Crippen LogP contribution is 2.45. The number of hydrogen-bond acceptors (Lipinski definition) is 15. The third-order valence-corrected chi connectivity index (χ3v) is 20.4. The summed E-state index contributed by atoms with van der Waals surface area (Å²) in [5.74, 6) is -1.30. The van der Waals surface area contributed by atoms with Gasteiger partial charge in [0.1, 0.15) is 19.3 Å². The van der Waals surface area contributed by atoms with Gasteiger partial charge in [0.25, 0.3) is 0 Å². The van der Waals surface area contributed by atoms with Crippen molar-refractivity contribution in [3.8, 4) is 0 Å². The van der Waals surface area contributed by atoms with Crippen molar-refractivity contribution in [1.82, 2.24) is 0 Å². The number of rotatable bonds is 79. The van der Waals surface area contributed by atoms with Crippen LogP contribution < -0.4 is 0 Å². The monoisotopic (exact) mass is 1440 g/mol. The Kier molecular flexibility index (Phi) is 70.6. The Morgan fingerprint density at radius 2 is 0.469 bits per heavy atom. The topological polar surface area (TPSA) is 237 Å². The quantitative estimate of drug-likeness (QED) is 0.0222. The van der Waals surface area contributed by atoms with Crippen LogP contribution in [0.4, 0.5) is 0 Å². The lowest BCUT2D eigenvalue weighted by Gasteiger charge is -2.21. The maximum absolute atomic E-state index is 13.1. The number of carbonyl (C=O) groups excluding carboxylic acids is 4. The molecule has 17 nitrogen and oxygen atoms in total. The van der Waals surface area contributed by atoms with Crippen LogP contribution >= 0.6 is 15.6 Å². The molecular formula is C79H154O17P2. The highest BCUT2D eigenvalue weighted by atomic mass is 31.2. The molecule has 0 aromatic rings. The molecule has 0 aromatic carbocycles. The van der Waals surface area contributed by atoms with Crippen LogP contribution in [0, 0.1) is 5.92 Å². The lowest BCUT2D eigenvalue weighted by molar-refractivity contribution is -0.161. The van der Waals surface area contributed by atoms with Crippen LogP contribution in [-0.2, 0) is 65.4 Å². The zero-order valence-corrected chi connectivity index (χ0v) is 65.7. The predicted molar refractivity (Wildman–Crippen MR) is 400 cm³/mol. The van der Waals surface area contributed by atoms with Crippen molar-refractivity contribution >= 4 is 39.5 Å². The number of aliphatic hydroxyl groups is 1. The van der Waals surface area contributed by atoms with Gasteiger partial charge in [0.2, 0.25) is 0 Å². The van der Waals surface area contributed by atoms with Gasteiger partial charge in [-0.3, -0.25) is 37.3 Å². The predicted octanol–water partition coefficient (Wildman–Crippen LogP) is 23.6. The average Bonchev–Trinajstić information content (AvgIpc) is 1.08. The summed E-state index contributed by atoms with van der Waals surface area (Å²) in [6.07, 6.45) is 62.5. The average molecular weight is 1440 g/mol. The van der Waals surface area contributed by atoms with Gasteiger partial charge in [0, 0.05) is 25.7 Å². The van der Waals surface area contributed by atoms with E-state index in [9.17, 15) is 43.2 Å². The van der Waals surface area contributed by atoms with E-state index in [0.717, 1.165) is 102 Å². The van der Waals surface area contributed by atoms with E-state index in [4.69, 9.17) is 37.0 Å². The van der Waals surface area contributed by atoms with E-state index < -0.39 is 97.5 Å². The fourth-order valence-electron chi connectivity index (χ4n) is 12.2. The molecule has 0 saturated carbocycles. The minimum absolute atomic E-state index is 0.108. The number of hydrogen-bond donors (Lipinski definition) is 3. The molecule has 0 saturated heterocycles. The Hall–Kier alpha value is -1.94. The van der Waals surface area contributed by atoms with E-state index in [1.54, 1.807) is 0 Å². The largest absolute Gasteiger partial charge is 0.472 e. The molecule has 0 aromatic heterocycles. The molecule has 0 bridgehead atoms. The van der Waals surface area contributed by atoms with Crippen LogP contribution in [0.15, 0.2) is 0 Å². The second-order valence-electron chi connectivity index (χ2n) is 28.9. The van der Waals surface area contributed by atoms with Crippen molar-refractivity contribution in [2.24, 2.45) is 5.92 Å². The van der Waals surface area contributed by atoms with Crippen LogP contribution in [0.25, 0.3) is 0 Å². The molecule has 0 aliphatic heterocycles. The molecule has 0 radical (unpaired) electrons. The molecular weight excluding hydrogens is 1280 g/mol. The van der Waals surface area contributed by atoms with E-state index in [-0.39, 0.29) is 25.7 Å². The highest BCUT2D eigenvalue weighted by molar-refractivity contribution is 7.47. The Bertz CT molecular complexity index is 1870. The SMILES string of the molecule is CCCCCCCCCCCCCCCCCCCCCC(=O)O[C@H](COC(=O)CCCCCCCCCCCCCCCCCC(C)C)COP(=O)(O)OC[C@@H](O)COP(=O)(O)OC[C@@H](COC(=O)CCCCCCCCCC)OC(=O)CCCCCCCCCCCCCCC. The third-order valence-electron chi connectivity index (χ3n) is 18.5. The van der Waals surface area contributed by atoms with E-state index in [1.165, 1.54) is 238 Å². The molecule has 0 heterocycles. The minimum atomic E-state index is -4.96. The third kappa shape index (κ3) is 72.4. The summed E-state index contributed by atoms with van der Waals surface area (Å²) in [4.78, 5) is 72.8. The number of phosphoric ester groups is 2. The van der Waals surface area contributed by atoms with Gasteiger partial charge in [-0.05, 0) is 31.6 Å².